The monoisotopic (exact) mass is 419 g/mol. The first-order valence-corrected chi connectivity index (χ1v) is 12.5. The second-order valence-electron chi connectivity index (χ2n) is 10.8. The lowest BCUT2D eigenvalue weighted by Gasteiger charge is -2.57. The first kappa shape index (κ1) is 20.1. The highest BCUT2D eigenvalue weighted by atomic mass is 32.1. The van der Waals surface area contributed by atoms with Gasteiger partial charge in [0.1, 0.15) is 12.5 Å². The van der Waals surface area contributed by atoms with Gasteiger partial charge in [-0.2, -0.15) is 0 Å². The van der Waals surface area contributed by atoms with E-state index in [1.165, 1.54) is 19.3 Å². The van der Waals surface area contributed by atoms with Crippen LogP contribution in [0.1, 0.15) is 69.7 Å². The van der Waals surface area contributed by atoms with Crippen molar-refractivity contribution in [3.63, 3.8) is 0 Å². The molecule has 0 aromatic carbocycles. The molecule has 0 amide bonds. The van der Waals surface area contributed by atoms with E-state index in [0.29, 0.717) is 42.8 Å². The molecule has 29 heavy (non-hydrogen) atoms. The second kappa shape index (κ2) is 7.40. The van der Waals surface area contributed by atoms with Gasteiger partial charge in [-0.1, -0.05) is 6.92 Å². The minimum atomic E-state index is -1.06. The summed E-state index contributed by atoms with van der Waals surface area (Å²) in [7, 11) is 0. The number of halogens is 1. The van der Waals surface area contributed by atoms with E-state index in [1.54, 1.807) is 17.5 Å². The first-order valence-electron chi connectivity index (χ1n) is 11.6. The standard InChI is InChI=1S/C24H34FNO2S/c1-23-8-6-17-16-7-9-24(28,14-25)13-15(16)2-3-18(17)19(23)4-5-20(23)21(27)12-22-26-10-11-29-22/h10-11,15-20,28H,2-9,12-14H2,1H3/t15?,16-,17+,18+,19-,20+,23-,24+/m0/s1. The Kier molecular flexibility index (Phi) is 5.13. The molecule has 1 aromatic heterocycles. The third-order valence-electron chi connectivity index (χ3n) is 9.55. The molecule has 5 rings (SSSR count). The smallest absolute Gasteiger partial charge is 0.143 e. The lowest BCUT2D eigenvalue weighted by atomic mass is 9.49. The largest absolute Gasteiger partial charge is 0.387 e. The SMILES string of the molecule is C[C@]12CC[C@H]3[C@@H](CCC4C[C@@](O)(CF)CC[C@@H]43)[C@@H]1CC[C@@H]2C(=O)Cc1nccs1. The highest BCUT2D eigenvalue weighted by Crippen LogP contribution is 2.64. The van der Waals surface area contributed by atoms with Crippen LogP contribution in [0.25, 0.3) is 0 Å². The van der Waals surface area contributed by atoms with E-state index in [1.807, 2.05) is 5.38 Å². The molecule has 4 aliphatic carbocycles. The van der Waals surface area contributed by atoms with Crippen LogP contribution in [0.5, 0.6) is 0 Å². The zero-order chi connectivity index (χ0) is 20.2. The summed E-state index contributed by atoms with van der Waals surface area (Å²) in [5.74, 6) is 3.87. The van der Waals surface area contributed by atoms with E-state index in [0.717, 1.165) is 42.5 Å². The Bertz CT molecular complexity index is 754. The second-order valence-corrected chi connectivity index (χ2v) is 11.8. The Morgan fingerprint density at radius 2 is 2.00 bits per heavy atom. The fraction of sp³-hybridized carbons (Fsp3) is 0.833. The Balaban J connectivity index is 1.31. The fourth-order valence-electron chi connectivity index (χ4n) is 8.23. The Hall–Kier alpha value is -0.810. The molecule has 1 N–H and O–H groups in total. The third kappa shape index (κ3) is 3.31. The van der Waals surface area contributed by atoms with Crippen molar-refractivity contribution in [1.82, 2.24) is 4.98 Å². The quantitative estimate of drug-likeness (QED) is 0.727. The van der Waals surface area contributed by atoms with Gasteiger partial charge in [-0.15, -0.1) is 11.3 Å². The molecule has 0 radical (unpaired) electrons. The summed E-state index contributed by atoms with van der Waals surface area (Å²) in [6.07, 6.45) is 11.5. The first-order chi connectivity index (χ1) is 13.9. The van der Waals surface area contributed by atoms with Gasteiger partial charge in [0.05, 0.1) is 17.0 Å². The molecule has 0 saturated heterocycles. The molecule has 0 spiro atoms. The number of rotatable bonds is 4. The molecule has 4 saturated carbocycles. The summed E-state index contributed by atoms with van der Waals surface area (Å²) >= 11 is 1.59. The van der Waals surface area contributed by atoms with Crippen molar-refractivity contribution in [2.24, 2.45) is 40.9 Å². The summed E-state index contributed by atoms with van der Waals surface area (Å²) in [6, 6.07) is 0. The molecule has 4 fully saturated rings. The lowest BCUT2D eigenvalue weighted by molar-refractivity contribution is -0.133. The lowest BCUT2D eigenvalue weighted by Crippen LogP contribution is -2.52. The number of nitrogens with zero attached hydrogens (tertiary/aromatic N) is 1. The van der Waals surface area contributed by atoms with Crippen molar-refractivity contribution in [1.29, 1.82) is 0 Å². The van der Waals surface area contributed by atoms with Gasteiger partial charge in [0.25, 0.3) is 0 Å². The van der Waals surface area contributed by atoms with Gasteiger partial charge in [0, 0.05) is 17.5 Å². The van der Waals surface area contributed by atoms with Crippen molar-refractivity contribution >= 4 is 17.1 Å². The maximum absolute atomic E-state index is 13.3. The molecule has 1 unspecified atom stereocenters. The Morgan fingerprint density at radius 1 is 1.17 bits per heavy atom. The number of carbonyl (C=O) groups excluding carboxylic acids is 1. The number of aliphatic hydroxyl groups is 1. The maximum Gasteiger partial charge on any atom is 0.143 e. The average Bonchev–Trinajstić information content (AvgIpc) is 3.34. The van der Waals surface area contributed by atoms with Crippen LogP contribution in [-0.4, -0.2) is 28.1 Å². The summed E-state index contributed by atoms with van der Waals surface area (Å²) in [4.78, 5) is 17.5. The van der Waals surface area contributed by atoms with Crippen LogP contribution < -0.4 is 0 Å². The molecule has 0 aliphatic heterocycles. The molecule has 1 heterocycles. The predicted molar refractivity (Wildman–Crippen MR) is 112 cm³/mol. The van der Waals surface area contributed by atoms with Crippen molar-refractivity contribution in [3.05, 3.63) is 16.6 Å². The molecule has 0 bridgehead atoms. The number of Topliss-reactive ketones (excluding diaryl/α,β-unsaturated/α-hetero) is 1. The van der Waals surface area contributed by atoms with Crippen LogP contribution in [-0.2, 0) is 11.2 Å². The van der Waals surface area contributed by atoms with Gasteiger partial charge < -0.3 is 5.11 Å². The highest BCUT2D eigenvalue weighted by molar-refractivity contribution is 7.09. The van der Waals surface area contributed by atoms with Crippen molar-refractivity contribution in [2.75, 3.05) is 6.67 Å². The van der Waals surface area contributed by atoms with E-state index >= 15 is 0 Å². The molecular formula is C24H34FNO2S. The van der Waals surface area contributed by atoms with Gasteiger partial charge in [-0.25, -0.2) is 9.37 Å². The number of ketones is 1. The normalized spacial score (nSPS) is 46.6. The van der Waals surface area contributed by atoms with Crippen molar-refractivity contribution < 1.29 is 14.3 Å². The molecule has 160 valence electrons. The number of thiazole rings is 1. The molecule has 3 nitrogen and oxygen atoms in total. The Morgan fingerprint density at radius 3 is 2.76 bits per heavy atom. The zero-order valence-electron chi connectivity index (χ0n) is 17.5. The van der Waals surface area contributed by atoms with Gasteiger partial charge in [0.15, 0.2) is 0 Å². The van der Waals surface area contributed by atoms with E-state index in [-0.39, 0.29) is 11.3 Å². The van der Waals surface area contributed by atoms with Crippen molar-refractivity contribution in [2.45, 2.75) is 76.7 Å². The number of fused-ring (bicyclic) bond motifs is 5. The van der Waals surface area contributed by atoms with Crippen LogP contribution in [0.4, 0.5) is 4.39 Å². The van der Waals surface area contributed by atoms with Crippen LogP contribution >= 0.6 is 11.3 Å². The minimum Gasteiger partial charge on any atom is -0.387 e. The summed E-state index contributed by atoms with van der Waals surface area (Å²) < 4.78 is 13.3. The molecule has 4 aliphatic rings. The van der Waals surface area contributed by atoms with E-state index < -0.39 is 12.3 Å². The number of hydrogen-bond donors (Lipinski definition) is 1. The maximum atomic E-state index is 13.3. The van der Waals surface area contributed by atoms with Crippen LogP contribution in [0.3, 0.4) is 0 Å². The average molecular weight is 420 g/mol. The third-order valence-corrected chi connectivity index (χ3v) is 10.3. The van der Waals surface area contributed by atoms with Crippen LogP contribution in [0.15, 0.2) is 11.6 Å². The minimum absolute atomic E-state index is 0.149. The van der Waals surface area contributed by atoms with Gasteiger partial charge in [-0.3, -0.25) is 4.79 Å². The number of aromatic nitrogens is 1. The number of alkyl halides is 1. The van der Waals surface area contributed by atoms with E-state index in [2.05, 4.69) is 11.9 Å². The predicted octanol–water partition coefficient (Wildman–Crippen LogP) is 5.22. The molecule has 1 aromatic rings. The van der Waals surface area contributed by atoms with Gasteiger partial charge in [0.2, 0.25) is 0 Å². The van der Waals surface area contributed by atoms with E-state index in [9.17, 15) is 14.3 Å². The molecule has 8 atom stereocenters. The summed E-state index contributed by atoms with van der Waals surface area (Å²) in [6.45, 7) is 1.81. The van der Waals surface area contributed by atoms with Gasteiger partial charge >= 0.3 is 0 Å². The van der Waals surface area contributed by atoms with Gasteiger partial charge in [-0.05, 0) is 92.8 Å². The van der Waals surface area contributed by atoms with Crippen molar-refractivity contribution in [3.8, 4) is 0 Å². The summed E-state index contributed by atoms with van der Waals surface area (Å²) in [5, 5.41) is 13.4. The van der Waals surface area contributed by atoms with Crippen LogP contribution in [0, 0.1) is 40.9 Å². The molecular weight excluding hydrogens is 385 g/mol. The van der Waals surface area contributed by atoms with E-state index in [4.69, 9.17) is 0 Å². The summed E-state index contributed by atoms with van der Waals surface area (Å²) in [5.41, 5.74) is -0.908. The number of hydrogen-bond acceptors (Lipinski definition) is 4. The zero-order valence-corrected chi connectivity index (χ0v) is 18.3. The fourth-order valence-corrected chi connectivity index (χ4v) is 8.85. The topological polar surface area (TPSA) is 50.2 Å². The Labute approximate surface area is 177 Å². The van der Waals surface area contributed by atoms with Crippen LogP contribution in [0.2, 0.25) is 0 Å². The highest BCUT2D eigenvalue weighted by Gasteiger charge is 2.58. The number of carbonyl (C=O) groups is 1. The molecule has 5 heteroatoms.